The average molecular weight is 376 g/mol. The summed E-state index contributed by atoms with van der Waals surface area (Å²) in [6, 6.07) is 17.1. The highest BCUT2D eigenvalue weighted by atomic mass is 32.2. The van der Waals surface area contributed by atoms with Crippen LogP contribution >= 0.6 is 0 Å². The van der Waals surface area contributed by atoms with Crippen LogP contribution in [0, 0.1) is 0 Å². The quantitative estimate of drug-likeness (QED) is 0.742. The van der Waals surface area contributed by atoms with E-state index in [1.165, 1.54) is 0 Å². The molecule has 1 saturated heterocycles. The maximum atomic E-state index is 12.5. The summed E-state index contributed by atoms with van der Waals surface area (Å²) in [7, 11) is -1.67. The van der Waals surface area contributed by atoms with Crippen LogP contribution in [0.15, 0.2) is 54.6 Å². The lowest BCUT2D eigenvalue weighted by Crippen LogP contribution is -2.49. The molecule has 0 N–H and O–H groups in total. The Kier molecular flexibility index (Phi) is 6.00. The van der Waals surface area contributed by atoms with Crippen LogP contribution in [0.5, 0.6) is 11.5 Å². The normalized spacial score (nSPS) is 15.7. The molecule has 7 heteroatoms. The van der Waals surface area contributed by atoms with Crippen LogP contribution in [-0.4, -0.2) is 58.4 Å². The molecule has 3 rings (SSSR count). The molecule has 0 aliphatic carbocycles. The van der Waals surface area contributed by atoms with Crippen molar-refractivity contribution in [3.05, 3.63) is 54.6 Å². The maximum absolute atomic E-state index is 12.5. The van der Waals surface area contributed by atoms with Crippen molar-refractivity contribution in [3.63, 3.8) is 0 Å². The van der Waals surface area contributed by atoms with Crippen molar-refractivity contribution in [1.29, 1.82) is 0 Å². The zero-order valence-electron chi connectivity index (χ0n) is 14.9. The van der Waals surface area contributed by atoms with Gasteiger partial charge in [-0.1, -0.05) is 24.3 Å². The Morgan fingerprint density at radius 3 is 2.31 bits per heavy atom. The third-order valence-electron chi connectivity index (χ3n) is 4.40. The Morgan fingerprint density at radius 2 is 1.62 bits per heavy atom. The lowest BCUT2D eigenvalue weighted by atomic mass is 10.2. The number of benzene rings is 2. The number of hydrogen-bond acceptors (Lipinski definition) is 5. The van der Waals surface area contributed by atoms with Crippen molar-refractivity contribution < 1.29 is 17.9 Å². The highest BCUT2D eigenvalue weighted by Gasteiger charge is 2.27. The molecule has 0 radical (unpaired) electrons. The summed E-state index contributed by atoms with van der Waals surface area (Å²) in [5.41, 5.74) is 1.05. The fourth-order valence-corrected chi connectivity index (χ4v) is 4.21. The first kappa shape index (κ1) is 18.5. The zero-order valence-corrected chi connectivity index (χ0v) is 15.7. The first-order chi connectivity index (χ1) is 12.6. The summed E-state index contributed by atoms with van der Waals surface area (Å²) in [5, 5.41) is 0. The largest absolute Gasteiger partial charge is 0.497 e. The molecule has 26 heavy (non-hydrogen) atoms. The third-order valence-corrected chi connectivity index (χ3v) is 6.24. The number of nitrogens with zero attached hydrogens (tertiary/aromatic N) is 2. The minimum Gasteiger partial charge on any atom is -0.497 e. The summed E-state index contributed by atoms with van der Waals surface area (Å²) >= 11 is 0. The van der Waals surface area contributed by atoms with Crippen LogP contribution < -0.4 is 14.4 Å². The molecular formula is C19H24N2O4S. The summed E-state index contributed by atoms with van der Waals surface area (Å²) in [4.78, 5) is 2.18. The van der Waals surface area contributed by atoms with E-state index < -0.39 is 10.0 Å². The second-order valence-corrected chi connectivity index (χ2v) is 8.15. The van der Waals surface area contributed by atoms with Gasteiger partial charge in [0.1, 0.15) is 18.1 Å². The van der Waals surface area contributed by atoms with Crippen LogP contribution in [0.3, 0.4) is 0 Å². The van der Waals surface area contributed by atoms with Crippen LogP contribution in [0.4, 0.5) is 5.69 Å². The van der Waals surface area contributed by atoms with Crippen molar-refractivity contribution in [2.24, 2.45) is 0 Å². The van der Waals surface area contributed by atoms with E-state index in [-0.39, 0.29) is 12.4 Å². The predicted octanol–water partition coefficient (Wildman–Crippen LogP) is 2.23. The van der Waals surface area contributed by atoms with E-state index in [0.717, 1.165) is 11.4 Å². The molecule has 0 saturated carbocycles. The van der Waals surface area contributed by atoms with Crippen molar-refractivity contribution in [2.75, 3.05) is 50.5 Å². The Bertz CT molecular complexity index is 803. The summed E-state index contributed by atoms with van der Waals surface area (Å²) in [5.74, 6) is 1.47. The van der Waals surface area contributed by atoms with Gasteiger partial charge in [-0.3, -0.25) is 0 Å². The molecule has 0 unspecified atom stereocenters. The van der Waals surface area contributed by atoms with E-state index in [2.05, 4.69) is 4.90 Å². The molecule has 0 atom stereocenters. The van der Waals surface area contributed by atoms with Gasteiger partial charge in [-0.25, -0.2) is 8.42 Å². The van der Waals surface area contributed by atoms with Crippen molar-refractivity contribution >= 4 is 15.7 Å². The van der Waals surface area contributed by atoms with Gasteiger partial charge in [0.15, 0.2) is 0 Å². The summed E-state index contributed by atoms with van der Waals surface area (Å²) in [6.07, 6.45) is 0. The molecule has 1 aliphatic heterocycles. The highest BCUT2D eigenvalue weighted by Crippen LogP contribution is 2.22. The average Bonchev–Trinajstić information content (AvgIpc) is 2.69. The number of hydrogen-bond donors (Lipinski definition) is 0. The SMILES string of the molecule is COc1cccc(N2CCN(S(=O)(=O)CCOc3ccccc3)CC2)c1. The van der Waals surface area contributed by atoms with Gasteiger partial charge >= 0.3 is 0 Å². The molecule has 140 valence electrons. The van der Waals surface area contributed by atoms with E-state index in [0.29, 0.717) is 31.9 Å². The standard InChI is InChI=1S/C19H24N2O4S/c1-24-19-9-5-6-17(16-19)20-10-12-21(13-11-20)26(22,23)15-14-25-18-7-3-2-4-8-18/h2-9,16H,10-15H2,1H3. The van der Waals surface area contributed by atoms with Crippen LogP contribution in [0.25, 0.3) is 0 Å². The minimum absolute atomic E-state index is 0.0128. The summed E-state index contributed by atoms with van der Waals surface area (Å²) in [6.45, 7) is 2.43. The topological polar surface area (TPSA) is 59.1 Å². The van der Waals surface area contributed by atoms with Gasteiger partial charge in [-0.05, 0) is 24.3 Å². The molecule has 0 aromatic heterocycles. The monoisotopic (exact) mass is 376 g/mol. The number of sulfonamides is 1. The van der Waals surface area contributed by atoms with Crippen LogP contribution in [0.1, 0.15) is 0 Å². The number of para-hydroxylation sites is 1. The third kappa shape index (κ3) is 4.68. The number of anilines is 1. The number of rotatable bonds is 7. The minimum atomic E-state index is -3.31. The second kappa shape index (κ2) is 8.42. The molecule has 1 fully saturated rings. The number of methoxy groups -OCH3 is 1. The smallest absolute Gasteiger partial charge is 0.217 e. The molecular weight excluding hydrogens is 352 g/mol. The fraction of sp³-hybridized carbons (Fsp3) is 0.368. The number of piperazine rings is 1. The molecule has 1 aliphatic rings. The van der Waals surface area contributed by atoms with Gasteiger partial charge in [-0.15, -0.1) is 0 Å². The van der Waals surface area contributed by atoms with E-state index in [1.54, 1.807) is 11.4 Å². The fourth-order valence-electron chi connectivity index (χ4n) is 2.94. The van der Waals surface area contributed by atoms with Gasteiger partial charge < -0.3 is 14.4 Å². The van der Waals surface area contributed by atoms with E-state index in [9.17, 15) is 8.42 Å². The van der Waals surface area contributed by atoms with Gasteiger partial charge in [0.05, 0.1) is 12.9 Å². The molecule has 1 heterocycles. The molecule has 0 spiro atoms. The van der Waals surface area contributed by atoms with Gasteiger partial charge in [0.25, 0.3) is 0 Å². The molecule has 2 aromatic rings. The van der Waals surface area contributed by atoms with Crippen LogP contribution in [-0.2, 0) is 10.0 Å². The van der Waals surface area contributed by atoms with Gasteiger partial charge in [0, 0.05) is 37.9 Å². The molecule has 0 bridgehead atoms. The Morgan fingerprint density at radius 1 is 0.923 bits per heavy atom. The van der Waals surface area contributed by atoms with Gasteiger partial charge in [0.2, 0.25) is 10.0 Å². The van der Waals surface area contributed by atoms with E-state index in [1.807, 2.05) is 54.6 Å². The number of ether oxygens (including phenoxy) is 2. The van der Waals surface area contributed by atoms with Crippen molar-refractivity contribution in [1.82, 2.24) is 4.31 Å². The van der Waals surface area contributed by atoms with Crippen molar-refractivity contribution in [2.45, 2.75) is 0 Å². The first-order valence-electron chi connectivity index (χ1n) is 8.63. The second-order valence-electron chi connectivity index (χ2n) is 6.07. The molecule has 0 amide bonds. The van der Waals surface area contributed by atoms with E-state index in [4.69, 9.17) is 9.47 Å². The lowest BCUT2D eigenvalue weighted by Gasteiger charge is -2.35. The Labute approximate surface area is 155 Å². The van der Waals surface area contributed by atoms with Crippen molar-refractivity contribution in [3.8, 4) is 11.5 Å². The van der Waals surface area contributed by atoms with Gasteiger partial charge in [-0.2, -0.15) is 4.31 Å². The lowest BCUT2D eigenvalue weighted by molar-refractivity contribution is 0.331. The Balaban J connectivity index is 1.51. The molecule has 6 nitrogen and oxygen atoms in total. The molecule has 2 aromatic carbocycles. The Hall–Kier alpha value is -2.25. The van der Waals surface area contributed by atoms with E-state index >= 15 is 0 Å². The highest BCUT2D eigenvalue weighted by molar-refractivity contribution is 7.89. The maximum Gasteiger partial charge on any atom is 0.217 e. The van der Waals surface area contributed by atoms with Crippen LogP contribution in [0.2, 0.25) is 0 Å². The predicted molar refractivity (Wildman–Crippen MR) is 103 cm³/mol. The summed E-state index contributed by atoms with van der Waals surface area (Å²) < 4.78 is 37.4. The first-order valence-corrected chi connectivity index (χ1v) is 10.2. The zero-order chi connectivity index (χ0) is 18.4.